The summed E-state index contributed by atoms with van der Waals surface area (Å²) in [4.78, 5) is 0.00525. The van der Waals surface area contributed by atoms with Gasteiger partial charge in [-0.2, -0.15) is 13.2 Å². The molecular weight excluding hydrogens is 263 g/mol. The standard InChI is InChI=1S/C8H8F3NO2S2/c9-8(10,11)15-7-3-1-6(2-4-7)5-16(12,13)14/h1-4H,5H2,(H2,12,13,14). The van der Waals surface area contributed by atoms with Gasteiger partial charge in [0.2, 0.25) is 10.0 Å². The molecule has 0 spiro atoms. The van der Waals surface area contributed by atoms with Crippen LogP contribution in [0.1, 0.15) is 5.56 Å². The first-order valence-electron chi connectivity index (χ1n) is 4.01. The highest BCUT2D eigenvalue weighted by atomic mass is 32.2. The van der Waals surface area contributed by atoms with E-state index in [1.165, 1.54) is 24.3 Å². The van der Waals surface area contributed by atoms with Crippen molar-refractivity contribution in [3.63, 3.8) is 0 Å². The molecule has 0 aliphatic heterocycles. The first-order valence-corrected chi connectivity index (χ1v) is 6.54. The summed E-state index contributed by atoms with van der Waals surface area (Å²) in [6.45, 7) is 0. The molecule has 0 amide bonds. The van der Waals surface area contributed by atoms with E-state index in [1.54, 1.807) is 0 Å². The molecule has 0 bridgehead atoms. The third-order valence-electron chi connectivity index (χ3n) is 1.52. The first kappa shape index (κ1) is 13.3. The number of rotatable bonds is 3. The predicted octanol–water partition coefficient (Wildman–Crippen LogP) is 2.09. The predicted molar refractivity (Wildman–Crippen MR) is 55.2 cm³/mol. The minimum Gasteiger partial charge on any atom is -0.228 e. The number of sulfonamides is 1. The number of hydrogen-bond donors (Lipinski definition) is 1. The van der Waals surface area contributed by atoms with Crippen molar-refractivity contribution in [3.8, 4) is 0 Å². The summed E-state index contributed by atoms with van der Waals surface area (Å²) < 4.78 is 57.3. The highest BCUT2D eigenvalue weighted by Crippen LogP contribution is 2.36. The van der Waals surface area contributed by atoms with Crippen LogP contribution in [0.2, 0.25) is 0 Å². The monoisotopic (exact) mass is 271 g/mol. The fraction of sp³-hybridized carbons (Fsp3) is 0.250. The molecule has 3 nitrogen and oxygen atoms in total. The molecule has 1 aromatic rings. The van der Waals surface area contributed by atoms with E-state index in [4.69, 9.17) is 5.14 Å². The van der Waals surface area contributed by atoms with Crippen molar-refractivity contribution in [3.05, 3.63) is 29.8 Å². The van der Waals surface area contributed by atoms with Gasteiger partial charge in [-0.3, -0.25) is 0 Å². The van der Waals surface area contributed by atoms with Crippen molar-refractivity contribution in [2.75, 3.05) is 0 Å². The molecule has 0 aliphatic carbocycles. The van der Waals surface area contributed by atoms with Crippen LogP contribution in [0.4, 0.5) is 13.2 Å². The normalized spacial score (nSPS) is 12.8. The van der Waals surface area contributed by atoms with Crippen LogP contribution in [-0.2, 0) is 15.8 Å². The lowest BCUT2D eigenvalue weighted by Gasteiger charge is -2.06. The summed E-state index contributed by atoms with van der Waals surface area (Å²) in [6, 6.07) is 5.02. The summed E-state index contributed by atoms with van der Waals surface area (Å²) in [5, 5.41) is 4.79. The van der Waals surface area contributed by atoms with Gasteiger partial charge < -0.3 is 0 Å². The number of benzene rings is 1. The van der Waals surface area contributed by atoms with E-state index in [2.05, 4.69) is 0 Å². The Hall–Kier alpha value is -0.730. The lowest BCUT2D eigenvalue weighted by molar-refractivity contribution is -0.0328. The largest absolute Gasteiger partial charge is 0.446 e. The van der Waals surface area contributed by atoms with Gasteiger partial charge in [0.05, 0.1) is 5.75 Å². The molecule has 0 aromatic heterocycles. The molecule has 1 aromatic carbocycles. The topological polar surface area (TPSA) is 60.2 Å². The van der Waals surface area contributed by atoms with Crippen LogP contribution in [0.5, 0.6) is 0 Å². The highest BCUT2D eigenvalue weighted by Gasteiger charge is 2.28. The average Bonchev–Trinajstić information content (AvgIpc) is 2.03. The molecule has 0 atom stereocenters. The van der Waals surface area contributed by atoms with Gasteiger partial charge in [0.15, 0.2) is 0 Å². The van der Waals surface area contributed by atoms with Crippen LogP contribution in [-0.4, -0.2) is 13.9 Å². The van der Waals surface area contributed by atoms with Gasteiger partial charge in [0.25, 0.3) is 0 Å². The number of primary sulfonamides is 1. The molecule has 0 saturated heterocycles. The second-order valence-electron chi connectivity index (χ2n) is 3.00. The lowest BCUT2D eigenvalue weighted by atomic mass is 10.2. The smallest absolute Gasteiger partial charge is 0.228 e. The van der Waals surface area contributed by atoms with Crippen molar-refractivity contribution >= 4 is 21.8 Å². The summed E-state index contributed by atoms with van der Waals surface area (Å²) in [6.07, 6.45) is 0. The molecule has 0 heterocycles. The minimum atomic E-state index is -4.35. The number of alkyl halides is 3. The van der Waals surface area contributed by atoms with Crippen molar-refractivity contribution in [1.82, 2.24) is 0 Å². The molecule has 0 fully saturated rings. The van der Waals surface area contributed by atoms with Crippen molar-refractivity contribution in [2.45, 2.75) is 16.2 Å². The molecule has 0 aliphatic rings. The van der Waals surface area contributed by atoms with E-state index in [9.17, 15) is 21.6 Å². The Labute approximate surface area is 94.9 Å². The van der Waals surface area contributed by atoms with Gasteiger partial charge in [0.1, 0.15) is 0 Å². The summed E-state index contributed by atoms with van der Waals surface area (Å²) in [5.41, 5.74) is -3.99. The van der Waals surface area contributed by atoms with E-state index in [0.717, 1.165) is 0 Å². The summed E-state index contributed by atoms with van der Waals surface area (Å²) in [5.74, 6) is -0.385. The molecular formula is C8H8F3NO2S2. The Kier molecular flexibility index (Phi) is 3.87. The van der Waals surface area contributed by atoms with Gasteiger partial charge in [-0.15, -0.1) is 0 Å². The second-order valence-corrected chi connectivity index (χ2v) is 5.75. The van der Waals surface area contributed by atoms with Gasteiger partial charge in [-0.05, 0) is 29.5 Å². The van der Waals surface area contributed by atoms with Gasteiger partial charge in [-0.25, -0.2) is 13.6 Å². The zero-order chi connectivity index (χ0) is 12.4. The number of thioether (sulfide) groups is 1. The molecule has 0 unspecified atom stereocenters. The van der Waals surface area contributed by atoms with E-state index < -0.39 is 15.5 Å². The van der Waals surface area contributed by atoms with Crippen LogP contribution < -0.4 is 5.14 Å². The molecule has 1 rings (SSSR count). The zero-order valence-corrected chi connectivity index (χ0v) is 9.49. The maximum Gasteiger partial charge on any atom is 0.446 e. The van der Waals surface area contributed by atoms with Crippen molar-refractivity contribution in [1.29, 1.82) is 0 Å². The minimum absolute atomic E-state index is 0.00525. The molecule has 0 radical (unpaired) electrons. The van der Waals surface area contributed by atoms with E-state index in [1.807, 2.05) is 0 Å². The second kappa shape index (κ2) is 4.64. The van der Waals surface area contributed by atoms with Crippen LogP contribution in [0.15, 0.2) is 29.2 Å². The van der Waals surface area contributed by atoms with Crippen LogP contribution in [0.25, 0.3) is 0 Å². The Morgan fingerprint density at radius 2 is 1.69 bits per heavy atom. The summed E-state index contributed by atoms with van der Waals surface area (Å²) >= 11 is -0.253. The van der Waals surface area contributed by atoms with Crippen LogP contribution >= 0.6 is 11.8 Å². The fourth-order valence-corrected chi connectivity index (χ4v) is 2.22. The van der Waals surface area contributed by atoms with Crippen LogP contribution in [0, 0.1) is 0 Å². The van der Waals surface area contributed by atoms with E-state index in [-0.39, 0.29) is 22.4 Å². The SMILES string of the molecule is NS(=O)(=O)Cc1ccc(SC(F)(F)F)cc1. The Morgan fingerprint density at radius 3 is 2.06 bits per heavy atom. The molecule has 8 heteroatoms. The van der Waals surface area contributed by atoms with Gasteiger partial charge >= 0.3 is 5.51 Å². The number of hydrogen-bond acceptors (Lipinski definition) is 3. The maximum absolute atomic E-state index is 12.0. The molecule has 16 heavy (non-hydrogen) atoms. The quantitative estimate of drug-likeness (QED) is 0.856. The highest BCUT2D eigenvalue weighted by molar-refractivity contribution is 8.00. The maximum atomic E-state index is 12.0. The Morgan fingerprint density at radius 1 is 1.19 bits per heavy atom. The molecule has 0 saturated carbocycles. The van der Waals surface area contributed by atoms with Crippen molar-refractivity contribution in [2.24, 2.45) is 5.14 Å². The summed E-state index contributed by atoms with van der Waals surface area (Å²) in [7, 11) is -3.65. The third-order valence-corrected chi connectivity index (χ3v) is 3.00. The lowest BCUT2D eigenvalue weighted by Crippen LogP contribution is -2.14. The zero-order valence-electron chi connectivity index (χ0n) is 7.86. The Balaban J connectivity index is 2.76. The van der Waals surface area contributed by atoms with Gasteiger partial charge in [0, 0.05) is 4.90 Å². The number of halogens is 3. The molecule has 2 N–H and O–H groups in total. The first-order chi connectivity index (χ1) is 7.16. The molecule has 90 valence electrons. The van der Waals surface area contributed by atoms with E-state index in [0.29, 0.717) is 5.56 Å². The van der Waals surface area contributed by atoms with Crippen LogP contribution in [0.3, 0.4) is 0 Å². The average molecular weight is 271 g/mol. The van der Waals surface area contributed by atoms with E-state index >= 15 is 0 Å². The van der Waals surface area contributed by atoms with Gasteiger partial charge in [-0.1, -0.05) is 12.1 Å². The van der Waals surface area contributed by atoms with Crippen molar-refractivity contribution < 1.29 is 21.6 Å². The third kappa shape index (κ3) is 5.38. The Bertz CT molecular complexity index is 453. The fourth-order valence-electron chi connectivity index (χ4n) is 1.02. The number of nitrogens with two attached hydrogens (primary N) is 1.